The van der Waals surface area contributed by atoms with Gasteiger partial charge in [0, 0.05) is 11.1 Å². The number of oxazole rings is 1. The molecule has 0 aliphatic carbocycles. The van der Waals surface area contributed by atoms with E-state index in [1.165, 1.54) is 12.1 Å². The summed E-state index contributed by atoms with van der Waals surface area (Å²) in [5.41, 5.74) is 1.39. The van der Waals surface area contributed by atoms with Crippen LogP contribution < -0.4 is 5.76 Å². The first-order valence-corrected chi connectivity index (χ1v) is 6.55. The fraction of sp³-hybridized carbons (Fsp3) is 0.0667. The van der Waals surface area contributed by atoms with E-state index < -0.39 is 11.8 Å². The molecule has 21 heavy (non-hydrogen) atoms. The van der Waals surface area contributed by atoms with Gasteiger partial charge in [-0.1, -0.05) is 41.9 Å². The first-order valence-electron chi connectivity index (χ1n) is 6.17. The van der Waals surface area contributed by atoms with Gasteiger partial charge in [-0.3, -0.25) is 0 Å². The van der Waals surface area contributed by atoms with E-state index in [2.05, 4.69) is 0 Å². The van der Waals surface area contributed by atoms with Crippen LogP contribution in [0.3, 0.4) is 0 Å². The summed E-state index contributed by atoms with van der Waals surface area (Å²) in [7, 11) is 0. The molecule has 5 nitrogen and oxygen atoms in total. The fourth-order valence-electron chi connectivity index (χ4n) is 1.95. The van der Waals surface area contributed by atoms with E-state index in [-0.39, 0.29) is 12.2 Å². The van der Waals surface area contributed by atoms with Crippen LogP contribution in [0.2, 0.25) is 5.02 Å². The minimum absolute atomic E-state index is 0.0758. The Hall–Kier alpha value is -2.53. The van der Waals surface area contributed by atoms with E-state index in [1.807, 2.05) is 30.3 Å². The maximum atomic E-state index is 12.0. The third-order valence-corrected chi connectivity index (χ3v) is 3.17. The molecule has 1 heterocycles. The minimum Gasteiger partial charge on any atom is -0.444 e. The van der Waals surface area contributed by atoms with Crippen LogP contribution in [-0.2, 0) is 11.3 Å². The maximum Gasteiger partial charge on any atom is 0.429 e. The molecule has 0 radical (unpaired) electrons. The highest BCUT2D eigenvalue weighted by atomic mass is 35.5. The van der Waals surface area contributed by atoms with Crippen molar-refractivity contribution in [3.63, 3.8) is 0 Å². The number of fused-ring (bicyclic) bond motifs is 1. The molecule has 0 atom stereocenters. The topological polar surface area (TPSA) is 61.4 Å². The van der Waals surface area contributed by atoms with Crippen molar-refractivity contribution in [3.8, 4) is 0 Å². The summed E-state index contributed by atoms with van der Waals surface area (Å²) in [4.78, 5) is 23.8. The number of hydrogen-bond acceptors (Lipinski definition) is 4. The molecule has 0 amide bonds. The van der Waals surface area contributed by atoms with Crippen LogP contribution in [-0.4, -0.2) is 10.7 Å². The van der Waals surface area contributed by atoms with Crippen LogP contribution in [0.15, 0.2) is 57.7 Å². The van der Waals surface area contributed by atoms with Crippen LogP contribution >= 0.6 is 11.6 Å². The number of carbonyl (C=O) groups is 1. The average molecular weight is 304 g/mol. The normalized spacial score (nSPS) is 10.7. The second-order valence-electron chi connectivity index (χ2n) is 4.36. The molecule has 0 N–H and O–H groups in total. The van der Waals surface area contributed by atoms with Crippen LogP contribution in [0.25, 0.3) is 11.1 Å². The summed E-state index contributed by atoms with van der Waals surface area (Å²) in [6.45, 7) is 0.0758. The van der Waals surface area contributed by atoms with Gasteiger partial charge < -0.3 is 9.15 Å². The van der Waals surface area contributed by atoms with E-state index in [1.54, 1.807) is 6.07 Å². The molecule has 0 saturated heterocycles. The maximum absolute atomic E-state index is 12.0. The molecular formula is C15H10ClNO4. The molecule has 0 aliphatic heterocycles. The van der Waals surface area contributed by atoms with Crippen LogP contribution in [0.4, 0.5) is 4.79 Å². The Bertz CT molecular complexity index is 851. The molecular weight excluding hydrogens is 294 g/mol. The smallest absolute Gasteiger partial charge is 0.429 e. The van der Waals surface area contributed by atoms with Crippen molar-refractivity contribution in [2.24, 2.45) is 0 Å². The highest BCUT2D eigenvalue weighted by molar-refractivity contribution is 6.31. The number of aromatic nitrogens is 1. The Kier molecular flexibility index (Phi) is 3.50. The first kappa shape index (κ1) is 13.5. The van der Waals surface area contributed by atoms with Crippen LogP contribution in [0.1, 0.15) is 5.56 Å². The van der Waals surface area contributed by atoms with E-state index >= 15 is 0 Å². The number of benzene rings is 2. The highest BCUT2D eigenvalue weighted by Crippen LogP contribution is 2.18. The number of halogens is 1. The van der Waals surface area contributed by atoms with Gasteiger partial charge in [0.15, 0.2) is 5.58 Å². The van der Waals surface area contributed by atoms with Gasteiger partial charge >= 0.3 is 11.8 Å². The van der Waals surface area contributed by atoms with Gasteiger partial charge in [-0.15, -0.1) is 0 Å². The van der Waals surface area contributed by atoms with E-state index in [4.69, 9.17) is 20.8 Å². The zero-order valence-electron chi connectivity index (χ0n) is 10.8. The Balaban J connectivity index is 1.88. The summed E-state index contributed by atoms with van der Waals surface area (Å²) in [5, 5.41) is 0.418. The number of rotatable bonds is 2. The zero-order valence-corrected chi connectivity index (χ0v) is 11.5. The largest absolute Gasteiger partial charge is 0.444 e. The summed E-state index contributed by atoms with van der Waals surface area (Å²) in [6, 6.07) is 13.8. The van der Waals surface area contributed by atoms with Gasteiger partial charge in [-0.05, 0) is 17.7 Å². The molecule has 1 aromatic heterocycles. The molecule has 0 fully saturated rings. The predicted octanol–water partition coefficient (Wildman–Crippen LogP) is 3.43. The lowest BCUT2D eigenvalue weighted by molar-refractivity contribution is 0.140. The number of ether oxygens (including phenoxy) is 1. The molecule has 2 aromatic carbocycles. The quantitative estimate of drug-likeness (QED) is 0.727. The molecule has 6 heteroatoms. The lowest BCUT2D eigenvalue weighted by atomic mass is 10.2. The van der Waals surface area contributed by atoms with Crippen molar-refractivity contribution in [1.82, 2.24) is 4.57 Å². The Morgan fingerprint density at radius 3 is 2.71 bits per heavy atom. The summed E-state index contributed by atoms with van der Waals surface area (Å²) < 4.78 is 10.9. The highest BCUT2D eigenvalue weighted by Gasteiger charge is 2.17. The Morgan fingerprint density at radius 2 is 1.95 bits per heavy atom. The summed E-state index contributed by atoms with van der Waals surface area (Å²) in [5.74, 6) is -0.801. The lowest BCUT2D eigenvalue weighted by Gasteiger charge is -2.04. The van der Waals surface area contributed by atoms with Crippen LogP contribution in [0.5, 0.6) is 0 Å². The molecule has 3 rings (SSSR count). The zero-order chi connectivity index (χ0) is 14.8. The van der Waals surface area contributed by atoms with E-state index in [0.717, 1.165) is 10.1 Å². The van der Waals surface area contributed by atoms with Gasteiger partial charge in [0.05, 0.1) is 0 Å². The Labute approximate surface area is 124 Å². The fourth-order valence-corrected chi connectivity index (χ4v) is 2.11. The van der Waals surface area contributed by atoms with Gasteiger partial charge in [-0.2, -0.15) is 4.57 Å². The molecule has 0 spiro atoms. The average Bonchev–Trinajstić information content (AvgIpc) is 2.81. The van der Waals surface area contributed by atoms with Gasteiger partial charge in [0.25, 0.3) is 0 Å². The first-order chi connectivity index (χ1) is 10.1. The van der Waals surface area contributed by atoms with E-state index in [0.29, 0.717) is 10.5 Å². The van der Waals surface area contributed by atoms with Crippen LogP contribution in [0, 0.1) is 0 Å². The molecule has 0 saturated carbocycles. The predicted molar refractivity (Wildman–Crippen MR) is 77.5 cm³/mol. The Morgan fingerprint density at radius 1 is 1.19 bits per heavy atom. The second-order valence-corrected chi connectivity index (χ2v) is 4.79. The van der Waals surface area contributed by atoms with E-state index in [9.17, 15) is 9.59 Å². The molecule has 0 aliphatic rings. The van der Waals surface area contributed by atoms with Gasteiger partial charge in [-0.25, -0.2) is 9.59 Å². The van der Waals surface area contributed by atoms with Crippen molar-refractivity contribution < 1.29 is 13.9 Å². The SMILES string of the molecule is O=C(OCc1ccccc1)n1c(=O)oc2cc(Cl)ccc21. The lowest BCUT2D eigenvalue weighted by Crippen LogP contribution is -2.23. The standard InChI is InChI=1S/C15H10ClNO4/c16-11-6-7-12-13(8-11)21-15(19)17(12)14(18)20-9-10-4-2-1-3-5-10/h1-8H,9H2. The third-order valence-electron chi connectivity index (χ3n) is 2.93. The van der Waals surface area contributed by atoms with Crippen molar-refractivity contribution >= 4 is 28.8 Å². The number of hydrogen-bond donors (Lipinski definition) is 0. The summed E-state index contributed by atoms with van der Waals surface area (Å²) in [6.07, 6.45) is -0.787. The molecule has 0 unspecified atom stereocenters. The summed E-state index contributed by atoms with van der Waals surface area (Å²) >= 11 is 5.81. The van der Waals surface area contributed by atoms with Gasteiger partial charge in [0.1, 0.15) is 12.1 Å². The minimum atomic E-state index is -0.801. The molecule has 0 bridgehead atoms. The monoisotopic (exact) mass is 303 g/mol. The third kappa shape index (κ3) is 2.68. The van der Waals surface area contributed by atoms with Crippen molar-refractivity contribution in [3.05, 3.63) is 69.7 Å². The van der Waals surface area contributed by atoms with Gasteiger partial charge in [0.2, 0.25) is 0 Å². The molecule has 106 valence electrons. The number of carbonyl (C=O) groups excluding carboxylic acids is 1. The van der Waals surface area contributed by atoms with Crippen molar-refractivity contribution in [2.45, 2.75) is 6.61 Å². The molecule has 3 aromatic rings. The second kappa shape index (κ2) is 5.46. The van der Waals surface area contributed by atoms with Crippen molar-refractivity contribution in [2.75, 3.05) is 0 Å². The van der Waals surface area contributed by atoms with Crippen molar-refractivity contribution in [1.29, 1.82) is 0 Å². The number of nitrogens with zero attached hydrogens (tertiary/aromatic N) is 1.